The highest BCUT2D eigenvalue weighted by molar-refractivity contribution is 7.99. The van der Waals surface area contributed by atoms with Crippen molar-refractivity contribution >= 4 is 35.1 Å². The molecule has 1 aliphatic heterocycles. The number of nitrogens with zero attached hydrogens (tertiary/aromatic N) is 1. The van der Waals surface area contributed by atoms with Gasteiger partial charge >= 0.3 is 6.03 Å². The van der Waals surface area contributed by atoms with E-state index in [0.29, 0.717) is 24.3 Å². The molecule has 0 aromatic heterocycles. The molecule has 3 aromatic rings. The van der Waals surface area contributed by atoms with Gasteiger partial charge in [-0.1, -0.05) is 65.9 Å². The van der Waals surface area contributed by atoms with Crippen LogP contribution < -0.4 is 15.5 Å². The highest BCUT2D eigenvalue weighted by Gasteiger charge is 2.27. The van der Waals surface area contributed by atoms with Gasteiger partial charge in [-0.2, -0.15) is 0 Å². The Bertz CT molecular complexity index is 1260. The fourth-order valence-corrected chi connectivity index (χ4v) is 5.62. The lowest BCUT2D eigenvalue weighted by atomic mass is 9.97. The molecule has 5 nitrogen and oxygen atoms in total. The molecule has 178 valence electrons. The second-order valence-electron chi connectivity index (χ2n) is 8.90. The second-order valence-corrected chi connectivity index (χ2v) is 9.98. The van der Waals surface area contributed by atoms with E-state index in [-0.39, 0.29) is 11.9 Å². The predicted octanol–water partition coefficient (Wildman–Crippen LogP) is 7.01. The van der Waals surface area contributed by atoms with E-state index in [4.69, 9.17) is 0 Å². The quantitative estimate of drug-likeness (QED) is 0.371. The van der Waals surface area contributed by atoms with Crippen LogP contribution in [0.3, 0.4) is 0 Å². The van der Waals surface area contributed by atoms with E-state index in [1.165, 1.54) is 18.4 Å². The third-order valence-corrected chi connectivity index (χ3v) is 7.53. The zero-order chi connectivity index (χ0) is 24.0. The number of amides is 3. The number of allylic oxidation sites excluding steroid dienone is 1. The average molecular weight is 484 g/mol. The van der Waals surface area contributed by atoms with Crippen molar-refractivity contribution in [2.45, 2.75) is 48.4 Å². The van der Waals surface area contributed by atoms with Crippen LogP contribution in [0.15, 0.2) is 94.2 Å². The van der Waals surface area contributed by atoms with Gasteiger partial charge in [-0.15, -0.1) is 0 Å². The van der Waals surface area contributed by atoms with Crippen molar-refractivity contribution in [3.8, 4) is 0 Å². The van der Waals surface area contributed by atoms with Crippen LogP contribution in [0, 0.1) is 0 Å². The zero-order valence-electron chi connectivity index (χ0n) is 19.6. The van der Waals surface area contributed by atoms with Crippen molar-refractivity contribution in [1.82, 2.24) is 5.32 Å². The standard InChI is InChI=1S/C29H29N3O2S/c33-28-24-13-7-8-14-26(24)35-27-16-15-23(19-25(27)32(28)20-22-11-5-2-6-12-22)31-29(34)30-18-17-21-9-3-1-4-10-21/h2,5-9,11-16,19H,1,3-4,10,17-18,20H2,(H2,30,31,34). The highest BCUT2D eigenvalue weighted by atomic mass is 32.2. The van der Waals surface area contributed by atoms with E-state index in [2.05, 4.69) is 16.7 Å². The first-order valence-electron chi connectivity index (χ1n) is 12.2. The molecule has 3 amide bonds. The van der Waals surface area contributed by atoms with Crippen LogP contribution in [0.1, 0.15) is 48.0 Å². The number of rotatable bonds is 6. The third-order valence-electron chi connectivity index (χ3n) is 6.39. The molecule has 0 spiro atoms. The summed E-state index contributed by atoms with van der Waals surface area (Å²) in [7, 11) is 0. The Morgan fingerprint density at radius 1 is 0.943 bits per heavy atom. The number of carbonyl (C=O) groups excluding carboxylic acids is 2. The van der Waals surface area contributed by atoms with Crippen molar-refractivity contribution in [2.24, 2.45) is 0 Å². The molecule has 0 saturated heterocycles. The summed E-state index contributed by atoms with van der Waals surface area (Å²) in [6.45, 7) is 1.07. The summed E-state index contributed by atoms with van der Waals surface area (Å²) in [5, 5.41) is 5.92. The normalized spacial score (nSPS) is 14.9. The third kappa shape index (κ3) is 5.60. The molecule has 1 heterocycles. The van der Waals surface area contributed by atoms with Crippen LogP contribution in [-0.4, -0.2) is 18.5 Å². The molecule has 2 N–H and O–H groups in total. The molecule has 0 atom stereocenters. The maximum Gasteiger partial charge on any atom is 0.319 e. The van der Waals surface area contributed by atoms with Crippen LogP contribution in [0.25, 0.3) is 0 Å². The molecule has 6 heteroatoms. The Morgan fingerprint density at radius 3 is 2.60 bits per heavy atom. The van der Waals surface area contributed by atoms with Gasteiger partial charge in [-0.3, -0.25) is 4.79 Å². The molecular formula is C29H29N3O2S. The minimum absolute atomic E-state index is 0.0435. The molecule has 2 aliphatic rings. The van der Waals surface area contributed by atoms with Gasteiger partial charge in [0.2, 0.25) is 0 Å². The molecule has 0 unspecified atom stereocenters. The van der Waals surface area contributed by atoms with E-state index in [9.17, 15) is 9.59 Å². The monoisotopic (exact) mass is 483 g/mol. The highest BCUT2D eigenvalue weighted by Crippen LogP contribution is 2.43. The molecule has 0 bridgehead atoms. The van der Waals surface area contributed by atoms with Gasteiger partial charge in [0.25, 0.3) is 5.91 Å². The smallest absolute Gasteiger partial charge is 0.319 e. The lowest BCUT2D eigenvalue weighted by Crippen LogP contribution is -2.31. The number of anilines is 2. The predicted molar refractivity (Wildman–Crippen MR) is 142 cm³/mol. The Morgan fingerprint density at radius 2 is 1.77 bits per heavy atom. The summed E-state index contributed by atoms with van der Waals surface area (Å²) in [6, 6.07) is 23.2. The molecule has 5 rings (SSSR count). The minimum atomic E-state index is -0.230. The van der Waals surface area contributed by atoms with Crippen LogP contribution in [0.4, 0.5) is 16.2 Å². The van der Waals surface area contributed by atoms with Crippen LogP contribution in [0.2, 0.25) is 0 Å². The first kappa shape index (κ1) is 23.2. The molecule has 0 fully saturated rings. The minimum Gasteiger partial charge on any atom is -0.338 e. The molecular weight excluding hydrogens is 454 g/mol. The number of hydrogen-bond acceptors (Lipinski definition) is 3. The van der Waals surface area contributed by atoms with E-state index in [1.807, 2.05) is 77.7 Å². The van der Waals surface area contributed by atoms with Gasteiger partial charge in [0.05, 0.1) is 17.8 Å². The van der Waals surface area contributed by atoms with Crippen LogP contribution in [0.5, 0.6) is 0 Å². The average Bonchev–Trinajstić information content (AvgIpc) is 3.00. The topological polar surface area (TPSA) is 61.4 Å². The van der Waals surface area contributed by atoms with Crippen LogP contribution in [-0.2, 0) is 6.54 Å². The van der Waals surface area contributed by atoms with Gasteiger partial charge in [0.15, 0.2) is 0 Å². The largest absolute Gasteiger partial charge is 0.338 e. The number of benzene rings is 3. The number of urea groups is 1. The van der Waals surface area contributed by atoms with E-state index in [0.717, 1.165) is 40.3 Å². The molecule has 35 heavy (non-hydrogen) atoms. The Labute approximate surface area is 210 Å². The van der Waals surface area contributed by atoms with Gasteiger partial charge in [-0.05, 0) is 68.0 Å². The first-order valence-corrected chi connectivity index (χ1v) is 13.0. The number of carbonyl (C=O) groups is 2. The molecule has 1 aliphatic carbocycles. The summed E-state index contributed by atoms with van der Waals surface area (Å²) in [6.07, 6.45) is 8.00. The number of hydrogen-bond donors (Lipinski definition) is 2. The fourth-order valence-electron chi connectivity index (χ4n) is 4.56. The van der Waals surface area contributed by atoms with E-state index < -0.39 is 0 Å². The Balaban J connectivity index is 1.36. The molecule has 0 radical (unpaired) electrons. The summed E-state index contributed by atoms with van der Waals surface area (Å²) < 4.78 is 0. The van der Waals surface area contributed by atoms with Crippen molar-refractivity contribution < 1.29 is 9.59 Å². The van der Waals surface area contributed by atoms with E-state index >= 15 is 0 Å². The Kier molecular flexibility index (Phi) is 7.19. The van der Waals surface area contributed by atoms with Gasteiger partial charge in [-0.25, -0.2) is 4.79 Å². The van der Waals surface area contributed by atoms with Crippen molar-refractivity contribution in [1.29, 1.82) is 0 Å². The van der Waals surface area contributed by atoms with Crippen molar-refractivity contribution in [2.75, 3.05) is 16.8 Å². The summed E-state index contributed by atoms with van der Waals surface area (Å²) in [5.74, 6) is -0.0435. The van der Waals surface area contributed by atoms with Crippen molar-refractivity contribution in [3.05, 3.63) is 95.6 Å². The van der Waals surface area contributed by atoms with Gasteiger partial charge in [0.1, 0.15) is 0 Å². The Hall–Kier alpha value is -3.51. The summed E-state index contributed by atoms with van der Waals surface area (Å²) >= 11 is 1.58. The van der Waals surface area contributed by atoms with Crippen LogP contribution >= 0.6 is 11.8 Å². The summed E-state index contributed by atoms with van der Waals surface area (Å²) in [4.78, 5) is 29.9. The number of fused-ring (bicyclic) bond motifs is 2. The second kappa shape index (κ2) is 10.8. The van der Waals surface area contributed by atoms with Crippen molar-refractivity contribution in [3.63, 3.8) is 0 Å². The maximum atomic E-state index is 13.6. The molecule has 3 aromatic carbocycles. The fraction of sp³-hybridized carbons (Fsp3) is 0.241. The zero-order valence-corrected chi connectivity index (χ0v) is 20.4. The lowest BCUT2D eigenvalue weighted by Gasteiger charge is -2.24. The summed E-state index contributed by atoms with van der Waals surface area (Å²) in [5.41, 5.74) is 4.63. The lowest BCUT2D eigenvalue weighted by molar-refractivity contribution is 0.0982. The first-order chi connectivity index (χ1) is 17.2. The van der Waals surface area contributed by atoms with E-state index in [1.54, 1.807) is 11.8 Å². The molecule has 0 saturated carbocycles. The van der Waals surface area contributed by atoms with Gasteiger partial charge < -0.3 is 15.5 Å². The van der Waals surface area contributed by atoms with Gasteiger partial charge in [0, 0.05) is 22.0 Å². The number of nitrogens with one attached hydrogen (secondary N) is 2. The SMILES string of the molecule is O=C(NCCC1=CCCCC1)Nc1ccc2c(c1)N(Cc1ccccc1)C(=O)c1ccccc1S2. The maximum absolute atomic E-state index is 13.6.